The lowest BCUT2D eigenvalue weighted by atomic mass is 10.1. The van der Waals surface area contributed by atoms with Gasteiger partial charge >= 0.3 is 0 Å². The molecule has 0 bridgehead atoms. The number of rotatable bonds is 7. The van der Waals surface area contributed by atoms with E-state index in [4.69, 9.17) is 5.73 Å². The molecule has 0 aromatic heterocycles. The standard InChI is InChI=1S/C11H24N2/c1-3-5-11(12)9-13(4-2)8-10-6-7-10/h10-11H,3-9,12H2,1-2H3. The first-order valence-corrected chi connectivity index (χ1v) is 5.74. The number of nitrogens with two attached hydrogens (primary N) is 1. The van der Waals surface area contributed by atoms with Crippen molar-refractivity contribution in [2.24, 2.45) is 11.7 Å². The lowest BCUT2D eigenvalue weighted by Crippen LogP contribution is -2.38. The molecular formula is C11H24N2. The molecular weight excluding hydrogens is 160 g/mol. The molecule has 0 aromatic rings. The molecule has 1 aliphatic carbocycles. The average molecular weight is 184 g/mol. The number of nitrogens with zero attached hydrogens (tertiary/aromatic N) is 1. The summed E-state index contributed by atoms with van der Waals surface area (Å²) in [5.41, 5.74) is 6.02. The summed E-state index contributed by atoms with van der Waals surface area (Å²) in [6, 6.07) is 0.392. The van der Waals surface area contributed by atoms with Crippen LogP contribution in [-0.2, 0) is 0 Å². The largest absolute Gasteiger partial charge is 0.327 e. The van der Waals surface area contributed by atoms with Gasteiger partial charge in [-0.15, -0.1) is 0 Å². The van der Waals surface area contributed by atoms with Crippen molar-refractivity contribution in [1.29, 1.82) is 0 Å². The Morgan fingerprint density at radius 1 is 1.38 bits per heavy atom. The molecule has 0 radical (unpaired) electrons. The van der Waals surface area contributed by atoms with Crippen LogP contribution in [0.4, 0.5) is 0 Å². The van der Waals surface area contributed by atoms with Gasteiger partial charge < -0.3 is 10.6 Å². The fourth-order valence-corrected chi connectivity index (χ4v) is 1.79. The van der Waals surface area contributed by atoms with E-state index in [1.54, 1.807) is 0 Å². The zero-order valence-corrected chi connectivity index (χ0v) is 9.13. The van der Waals surface area contributed by atoms with Crippen molar-refractivity contribution in [3.63, 3.8) is 0 Å². The molecule has 2 heteroatoms. The van der Waals surface area contributed by atoms with E-state index in [2.05, 4.69) is 18.7 Å². The Balaban J connectivity index is 2.13. The summed E-state index contributed by atoms with van der Waals surface area (Å²) >= 11 is 0. The van der Waals surface area contributed by atoms with E-state index in [0.29, 0.717) is 6.04 Å². The van der Waals surface area contributed by atoms with Crippen LogP contribution in [0.25, 0.3) is 0 Å². The van der Waals surface area contributed by atoms with Gasteiger partial charge in [-0.05, 0) is 31.7 Å². The van der Waals surface area contributed by atoms with Crippen LogP contribution in [0, 0.1) is 5.92 Å². The minimum atomic E-state index is 0.392. The van der Waals surface area contributed by atoms with Crippen molar-refractivity contribution in [3.8, 4) is 0 Å². The molecule has 2 nitrogen and oxygen atoms in total. The Kier molecular flexibility index (Phi) is 4.74. The predicted molar refractivity (Wildman–Crippen MR) is 57.7 cm³/mol. The molecule has 1 fully saturated rings. The molecule has 78 valence electrons. The van der Waals surface area contributed by atoms with Crippen LogP contribution in [0.3, 0.4) is 0 Å². The number of likely N-dealkylation sites (N-methyl/N-ethyl adjacent to an activating group) is 1. The third-order valence-electron chi connectivity index (χ3n) is 2.81. The molecule has 1 aliphatic rings. The topological polar surface area (TPSA) is 29.3 Å². The van der Waals surface area contributed by atoms with Crippen molar-refractivity contribution in [2.75, 3.05) is 19.6 Å². The highest BCUT2D eigenvalue weighted by Crippen LogP contribution is 2.29. The summed E-state index contributed by atoms with van der Waals surface area (Å²) in [6.07, 6.45) is 5.27. The molecule has 0 aliphatic heterocycles. The molecule has 0 amide bonds. The van der Waals surface area contributed by atoms with Crippen molar-refractivity contribution in [1.82, 2.24) is 4.90 Å². The van der Waals surface area contributed by atoms with Crippen LogP contribution >= 0.6 is 0 Å². The molecule has 0 aromatic carbocycles. The molecule has 2 N–H and O–H groups in total. The molecule has 1 rings (SSSR count). The highest BCUT2D eigenvalue weighted by Gasteiger charge is 2.24. The summed E-state index contributed by atoms with van der Waals surface area (Å²) in [5, 5.41) is 0. The summed E-state index contributed by atoms with van der Waals surface area (Å²) in [5.74, 6) is 0.994. The van der Waals surface area contributed by atoms with E-state index >= 15 is 0 Å². The Morgan fingerprint density at radius 3 is 2.54 bits per heavy atom. The van der Waals surface area contributed by atoms with Crippen LogP contribution in [0.15, 0.2) is 0 Å². The van der Waals surface area contributed by atoms with Gasteiger partial charge in [-0.2, -0.15) is 0 Å². The zero-order valence-electron chi connectivity index (χ0n) is 9.13. The van der Waals surface area contributed by atoms with Gasteiger partial charge in [-0.1, -0.05) is 20.3 Å². The monoisotopic (exact) mass is 184 g/mol. The summed E-state index contributed by atoms with van der Waals surface area (Å²) in [6.45, 7) is 7.99. The van der Waals surface area contributed by atoms with Crippen LogP contribution < -0.4 is 5.73 Å². The first-order chi connectivity index (χ1) is 6.26. The fourth-order valence-electron chi connectivity index (χ4n) is 1.79. The third kappa shape index (κ3) is 4.63. The Hall–Kier alpha value is -0.0800. The molecule has 1 saturated carbocycles. The maximum atomic E-state index is 6.02. The van der Waals surface area contributed by atoms with Crippen molar-refractivity contribution in [2.45, 2.75) is 45.6 Å². The van der Waals surface area contributed by atoms with Gasteiger partial charge in [0.25, 0.3) is 0 Å². The first-order valence-electron chi connectivity index (χ1n) is 5.74. The molecule has 0 saturated heterocycles. The first kappa shape index (κ1) is 11.0. The quantitative estimate of drug-likeness (QED) is 0.654. The van der Waals surface area contributed by atoms with Gasteiger partial charge in [0.05, 0.1) is 0 Å². The Morgan fingerprint density at radius 2 is 2.08 bits per heavy atom. The lowest BCUT2D eigenvalue weighted by Gasteiger charge is -2.23. The van der Waals surface area contributed by atoms with Crippen molar-refractivity contribution in [3.05, 3.63) is 0 Å². The SMILES string of the molecule is CCCC(N)CN(CC)CC1CC1. The second-order valence-corrected chi connectivity index (χ2v) is 4.34. The Bertz CT molecular complexity index is 132. The normalized spacial score (nSPS) is 19.4. The minimum Gasteiger partial charge on any atom is -0.327 e. The van der Waals surface area contributed by atoms with E-state index in [9.17, 15) is 0 Å². The molecule has 1 unspecified atom stereocenters. The van der Waals surface area contributed by atoms with Crippen LogP contribution in [0.2, 0.25) is 0 Å². The second kappa shape index (κ2) is 5.61. The molecule has 1 atom stereocenters. The second-order valence-electron chi connectivity index (χ2n) is 4.34. The van der Waals surface area contributed by atoms with Gasteiger partial charge in [0.2, 0.25) is 0 Å². The van der Waals surface area contributed by atoms with Crippen LogP contribution in [0.5, 0.6) is 0 Å². The lowest BCUT2D eigenvalue weighted by molar-refractivity contribution is 0.254. The van der Waals surface area contributed by atoms with Gasteiger partial charge in [0.1, 0.15) is 0 Å². The Labute approximate surface area is 82.5 Å². The van der Waals surface area contributed by atoms with E-state index < -0.39 is 0 Å². The average Bonchev–Trinajstić information content (AvgIpc) is 2.87. The van der Waals surface area contributed by atoms with E-state index in [1.807, 2.05) is 0 Å². The maximum absolute atomic E-state index is 6.02. The van der Waals surface area contributed by atoms with Crippen LogP contribution in [-0.4, -0.2) is 30.6 Å². The predicted octanol–water partition coefficient (Wildman–Crippen LogP) is 1.85. The van der Waals surface area contributed by atoms with Gasteiger partial charge in [-0.3, -0.25) is 0 Å². The molecule has 0 spiro atoms. The molecule has 0 heterocycles. The summed E-state index contributed by atoms with van der Waals surface area (Å²) in [7, 11) is 0. The number of hydrogen-bond acceptors (Lipinski definition) is 2. The maximum Gasteiger partial charge on any atom is 0.0167 e. The zero-order chi connectivity index (χ0) is 9.68. The summed E-state index contributed by atoms with van der Waals surface area (Å²) in [4.78, 5) is 2.51. The highest BCUT2D eigenvalue weighted by atomic mass is 15.1. The smallest absolute Gasteiger partial charge is 0.0167 e. The van der Waals surface area contributed by atoms with Gasteiger partial charge in [-0.25, -0.2) is 0 Å². The van der Waals surface area contributed by atoms with Gasteiger partial charge in [0, 0.05) is 19.1 Å². The van der Waals surface area contributed by atoms with E-state index in [1.165, 1.54) is 32.2 Å². The fraction of sp³-hybridized carbons (Fsp3) is 1.00. The van der Waals surface area contributed by atoms with Gasteiger partial charge in [0.15, 0.2) is 0 Å². The van der Waals surface area contributed by atoms with E-state index in [-0.39, 0.29) is 0 Å². The third-order valence-corrected chi connectivity index (χ3v) is 2.81. The van der Waals surface area contributed by atoms with Crippen molar-refractivity contribution >= 4 is 0 Å². The minimum absolute atomic E-state index is 0.392. The van der Waals surface area contributed by atoms with E-state index in [0.717, 1.165) is 19.0 Å². The van der Waals surface area contributed by atoms with Crippen molar-refractivity contribution < 1.29 is 0 Å². The highest BCUT2D eigenvalue weighted by molar-refractivity contribution is 4.78. The number of hydrogen-bond donors (Lipinski definition) is 1. The van der Waals surface area contributed by atoms with Crippen LogP contribution in [0.1, 0.15) is 39.5 Å². The summed E-state index contributed by atoms with van der Waals surface area (Å²) < 4.78 is 0. The molecule has 13 heavy (non-hydrogen) atoms.